The Kier molecular flexibility index (Phi) is 8.93. The lowest BCUT2D eigenvalue weighted by molar-refractivity contribution is -0.132. The molecule has 0 bridgehead atoms. The Hall–Kier alpha value is -3.59. The van der Waals surface area contributed by atoms with E-state index in [2.05, 4.69) is 16.0 Å². The maximum atomic E-state index is 16.0. The van der Waals surface area contributed by atoms with Gasteiger partial charge in [-0.15, -0.1) is 0 Å². The Labute approximate surface area is 210 Å². The summed E-state index contributed by atoms with van der Waals surface area (Å²) in [6.45, 7) is 5.61. The van der Waals surface area contributed by atoms with Gasteiger partial charge in [0.25, 0.3) is 0 Å². The molecule has 3 amide bonds. The summed E-state index contributed by atoms with van der Waals surface area (Å²) in [7, 11) is 0. The Morgan fingerprint density at radius 2 is 1.72 bits per heavy atom. The largest absolute Gasteiger partial charge is 0.370 e. The van der Waals surface area contributed by atoms with Crippen LogP contribution in [0, 0.1) is 5.82 Å². The van der Waals surface area contributed by atoms with E-state index in [1.165, 1.54) is 6.92 Å². The van der Waals surface area contributed by atoms with Gasteiger partial charge in [0.05, 0.1) is 18.5 Å². The summed E-state index contributed by atoms with van der Waals surface area (Å²) < 4.78 is 16.0. The van der Waals surface area contributed by atoms with Crippen LogP contribution in [0.25, 0.3) is 11.1 Å². The molecular weight excluding hydrogens is 463 g/mol. The van der Waals surface area contributed by atoms with E-state index < -0.39 is 53.9 Å². The first-order valence-corrected chi connectivity index (χ1v) is 12.1. The predicted molar refractivity (Wildman–Crippen MR) is 134 cm³/mol. The van der Waals surface area contributed by atoms with Crippen LogP contribution < -0.4 is 21.7 Å². The molecule has 192 valence electrons. The number of amides is 3. The maximum absolute atomic E-state index is 16.0. The molecule has 1 aliphatic rings. The molecular formula is C27H33FN4O4. The SMILES string of the molecule is CC(=O)N[C@@H](CC(N)=O)C(=O)C(NC(=O)C1CCCN1)c1ccc(C(C)C)c(F)c1-c1ccccc1. The quantitative estimate of drug-likeness (QED) is 0.402. The molecule has 1 aliphatic heterocycles. The summed E-state index contributed by atoms with van der Waals surface area (Å²) in [6, 6.07) is 8.85. The Morgan fingerprint density at radius 3 is 2.28 bits per heavy atom. The molecule has 2 aromatic carbocycles. The third kappa shape index (κ3) is 6.34. The summed E-state index contributed by atoms with van der Waals surface area (Å²) >= 11 is 0. The van der Waals surface area contributed by atoms with E-state index in [9.17, 15) is 19.2 Å². The van der Waals surface area contributed by atoms with E-state index in [4.69, 9.17) is 5.73 Å². The zero-order chi connectivity index (χ0) is 26.4. The third-order valence-electron chi connectivity index (χ3n) is 6.27. The minimum Gasteiger partial charge on any atom is -0.370 e. The average molecular weight is 497 g/mol. The minimum atomic E-state index is -1.33. The van der Waals surface area contributed by atoms with E-state index in [1.807, 2.05) is 13.8 Å². The average Bonchev–Trinajstić information content (AvgIpc) is 3.36. The highest BCUT2D eigenvalue weighted by molar-refractivity contribution is 5.99. The van der Waals surface area contributed by atoms with Crippen molar-refractivity contribution in [3.63, 3.8) is 0 Å². The first kappa shape index (κ1) is 27.0. The fraction of sp³-hybridized carbons (Fsp3) is 0.407. The lowest BCUT2D eigenvalue weighted by Gasteiger charge is -2.27. The standard InChI is InChI=1S/C27H33FN4O4/c1-15(2)18-11-12-19(23(24(18)28)17-8-5-4-6-9-17)25(32-27(36)20-10-7-13-30-20)26(35)21(14-22(29)34)31-16(3)33/h4-6,8-9,11-12,15,20-21,25,30H,7,10,13-14H2,1-3H3,(H2,29,34)(H,31,33)(H,32,36)/t20?,21-,25?/m0/s1. The number of nitrogens with two attached hydrogens (primary N) is 1. The number of hydrogen-bond donors (Lipinski definition) is 4. The van der Waals surface area contributed by atoms with Gasteiger partial charge in [0, 0.05) is 12.5 Å². The zero-order valence-electron chi connectivity index (χ0n) is 20.8. The molecule has 2 unspecified atom stereocenters. The second-order valence-corrected chi connectivity index (χ2v) is 9.37. The zero-order valence-corrected chi connectivity index (χ0v) is 20.8. The number of nitrogens with one attached hydrogen (secondary N) is 3. The van der Waals surface area contributed by atoms with Gasteiger partial charge in [-0.25, -0.2) is 4.39 Å². The Bertz CT molecular complexity index is 1110. The van der Waals surface area contributed by atoms with Crippen LogP contribution in [-0.4, -0.2) is 42.1 Å². The fourth-order valence-corrected chi connectivity index (χ4v) is 4.52. The summed E-state index contributed by atoms with van der Waals surface area (Å²) in [6.07, 6.45) is 0.939. The molecule has 9 heteroatoms. The van der Waals surface area contributed by atoms with Crippen LogP contribution in [-0.2, 0) is 19.2 Å². The smallest absolute Gasteiger partial charge is 0.237 e. The second-order valence-electron chi connectivity index (χ2n) is 9.37. The molecule has 5 N–H and O–H groups in total. The van der Waals surface area contributed by atoms with Crippen molar-refractivity contribution < 1.29 is 23.6 Å². The normalized spacial score (nSPS) is 16.9. The first-order valence-electron chi connectivity index (χ1n) is 12.1. The summed E-state index contributed by atoms with van der Waals surface area (Å²) in [5, 5.41) is 8.31. The lowest BCUT2D eigenvalue weighted by atomic mass is 9.86. The van der Waals surface area contributed by atoms with Crippen LogP contribution in [0.2, 0.25) is 0 Å². The van der Waals surface area contributed by atoms with E-state index in [0.29, 0.717) is 24.1 Å². The number of rotatable bonds is 10. The van der Waals surface area contributed by atoms with E-state index in [0.717, 1.165) is 6.42 Å². The van der Waals surface area contributed by atoms with Crippen molar-refractivity contribution in [2.45, 2.75) is 64.1 Å². The van der Waals surface area contributed by atoms with Gasteiger partial charge in [0.1, 0.15) is 11.9 Å². The van der Waals surface area contributed by atoms with Crippen LogP contribution in [0.4, 0.5) is 4.39 Å². The number of benzene rings is 2. The number of hydrogen-bond acceptors (Lipinski definition) is 5. The van der Waals surface area contributed by atoms with Gasteiger partial charge in [-0.1, -0.05) is 56.3 Å². The molecule has 1 fully saturated rings. The van der Waals surface area contributed by atoms with Gasteiger partial charge >= 0.3 is 0 Å². The van der Waals surface area contributed by atoms with Crippen LogP contribution >= 0.6 is 0 Å². The summed E-state index contributed by atoms with van der Waals surface area (Å²) in [4.78, 5) is 50.4. The van der Waals surface area contributed by atoms with Crippen molar-refractivity contribution >= 4 is 23.5 Å². The highest BCUT2D eigenvalue weighted by atomic mass is 19.1. The van der Waals surface area contributed by atoms with E-state index in [1.54, 1.807) is 42.5 Å². The predicted octanol–water partition coefficient (Wildman–Crippen LogP) is 2.47. The molecule has 1 saturated heterocycles. The number of Topliss-reactive ketones (excluding diaryl/α,β-unsaturated/α-hetero) is 1. The topological polar surface area (TPSA) is 130 Å². The van der Waals surface area contributed by atoms with Gasteiger partial charge < -0.3 is 21.7 Å². The van der Waals surface area contributed by atoms with Crippen LogP contribution in [0.15, 0.2) is 42.5 Å². The summed E-state index contributed by atoms with van der Waals surface area (Å²) in [5.74, 6) is -3.04. The fourth-order valence-electron chi connectivity index (χ4n) is 4.52. The second kappa shape index (κ2) is 11.9. The molecule has 0 spiro atoms. The Morgan fingerprint density at radius 1 is 1.06 bits per heavy atom. The molecule has 0 saturated carbocycles. The van der Waals surface area contributed by atoms with E-state index >= 15 is 4.39 Å². The molecule has 8 nitrogen and oxygen atoms in total. The molecule has 3 rings (SSSR count). The molecule has 1 heterocycles. The minimum absolute atomic E-state index is 0.130. The molecule has 0 aliphatic carbocycles. The van der Waals surface area contributed by atoms with Gasteiger partial charge in [-0.2, -0.15) is 0 Å². The van der Waals surface area contributed by atoms with Crippen molar-refractivity contribution in [3.05, 3.63) is 59.4 Å². The molecule has 3 atom stereocenters. The highest BCUT2D eigenvalue weighted by Crippen LogP contribution is 2.36. The number of carbonyl (C=O) groups excluding carboxylic acids is 4. The third-order valence-corrected chi connectivity index (χ3v) is 6.27. The summed E-state index contributed by atoms with van der Waals surface area (Å²) in [5.41, 5.74) is 6.75. The van der Waals surface area contributed by atoms with Crippen molar-refractivity contribution in [2.75, 3.05) is 6.54 Å². The van der Waals surface area contributed by atoms with Gasteiger partial charge in [-0.05, 0) is 42.0 Å². The van der Waals surface area contributed by atoms with Gasteiger partial charge in [0.2, 0.25) is 17.7 Å². The Balaban J connectivity index is 2.18. The van der Waals surface area contributed by atoms with Crippen LogP contribution in [0.3, 0.4) is 0 Å². The number of ketones is 1. The highest BCUT2D eigenvalue weighted by Gasteiger charge is 2.36. The number of primary amides is 1. The molecule has 36 heavy (non-hydrogen) atoms. The van der Waals surface area contributed by atoms with Gasteiger partial charge in [-0.3, -0.25) is 19.2 Å². The van der Waals surface area contributed by atoms with Gasteiger partial charge in [0.15, 0.2) is 5.78 Å². The molecule has 2 aromatic rings. The van der Waals surface area contributed by atoms with Crippen molar-refractivity contribution in [1.29, 1.82) is 0 Å². The molecule has 0 aromatic heterocycles. The number of halogens is 1. The van der Waals surface area contributed by atoms with Crippen molar-refractivity contribution in [1.82, 2.24) is 16.0 Å². The molecule has 0 radical (unpaired) electrons. The van der Waals surface area contributed by atoms with Crippen molar-refractivity contribution in [2.24, 2.45) is 5.73 Å². The van der Waals surface area contributed by atoms with E-state index in [-0.39, 0.29) is 17.0 Å². The maximum Gasteiger partial charge on any atom is 0.237 e. The van der Waals surface area contributed by atoms with Crippen molar-refractivity contribution in [3.8, 4) is 11.1 Å². The van der Waals surface area contributed by atoms with Crippen LogP contribution in [0.5, 0.6) is 0 Å². The monoisotopic (exact) mass is 496 g/mol. The van der Waals surface area contributed by atoms with Crippen LogP contribution in [0.1, 0.15) is 63.1 Å². The lowest BCUT2D eigenvalue weighted by Crippen LogP contribution is -2.50. The number of carbonyl (C=O) groups is 4. The first-order chi connectivity index (χ1) is 17.1.